The zero-order valence-electron chi connectivity index (χ0n) is 15.4. The summed E-state index contributed by atoms with van der Waals surface area (Å²) in [5, 5.41) is 1.26. The third-order valence-electron chi connectivity index (χ3n) is 6.14. The Morgan fingerprint density at radius 1 is 1.04 bits per heavy atom. The number of rotatable bonds is 1. The highest BCUT2D eigenvalue weighted by Gasteiger charge is 2.37. The van der Waals surface area contributed by atoms with Crippen molar-refractivity contribution in [3.63, 3.8) is 0 Å². The Bertz CT molecular complexity index is 1000. The Labute approximate surface area is 154 Å². The largest absolute Gasteiger partial charge is 0.301 e. The summed E-state index contributed by atoms with van der Waals surface area (Å²) < 4.78 is 2.08. The molecule has 0 saturated carbocycles. The highest BCUT2D eigenvalue weighted by Crippen LogP contribution is 2.43. The maximum Gasteiger partial charge on any atom is 0.238 e. The molecule has 2 atom stereocenters. The normalized spacial score (nSPS) is 23.1. The molecule has 2 aliphatic heterocycles. The van der Waals surface area contributed by atoms with Crippen LogP contribution in [0.3, 0.4) is 0 Å². The van der Waals surface area contributed by atoms with Gasteiger partial charge in [-0.3, -0.25) is 9.36 Å². The van der Waals surface area contributed by atoms with Crippen LogP contribution in [-0.4, -0.2) is 29.0 Å². The van der Waals surface area contributed by atoms with Crippen LogP contribution in [0.2, 0.25) is 0 Å². The van der Waals surface area contributed by atoms with Gasteiger partial charge in [-0.15, -0.1) is 0 Å². The molecule has 0 saturated heterocycles. The summed E-state index contributed by atoms with van der Waals surface area (Å²) in [6.07, 6.45) is 1.99. The van der Waals surface area contributed by atoms with E-state index in [1.165, 1.54) is 22.2 Å². The van der Waals surface area contributed by atoms with E-state index < -0.39 is 0 Å². The summed E-state index contributed by atoms with van der Waals surface area (Å²) >= 11 is 0. The highest BCUT2D eigenvalue weighted by molar-refractivity contribution is 5.99. The number of aromatic nitrogens is 1. The number of carbonyl (C=O) groups is 1. The van der Waals surface area contributed by atoms with Crippen LogP contribution in [0.15, 0.2) is 48.5 Å². The van der Waals surface area contributed by atoms with E-state index in [1.807, 2.05) is 18.2 Å². The third kappa shape index (κ3) is 2.27. The molecule has 0 fully saturated rings. The van der Waals surface area contributed by atoms with Crippen LogP contribution in [-0.2, 0) is 6.54 Å². The number of nitrogens with zero attached hydrogens (tertiary/aromatic N) is 2. The van der Waals surface area contributed by atoms with Crippen LogP contribution in [0.4, 0.5) is 0 Å². The molecule has 0 bridgehead atoms. The molecule has 0 spiro atoms. The summed E-state index contributed by atoms with van der Waals surface area (Å²) in [6, 6.07) is 16.8. The molecular weight excluding hydrogens is 320 g/mol. The minimum absolute atomic E-state index is 0.0480. The van der Waals surface area contributed by atoms with Crippen molar-refractivity contribution < 1.29 is 4.79 Å². The zero-order chi connectivity index (χ0) is 17.8. The second-order valence-electron chi connectivity index (χ2n) is 7.99. The topological polar surface area (TPSA) is 25.2 Å². The zero-order valence-corrected chi connectivity index (χ0v) is 15.4. The fourth-order valence-corrected chi connectivity index (χ4v) is 4.99. The van der Waals surface area contributed by atoms with Gasteiger partial charge in [0.1, 0.15) is 0 Å². The van der Waals surface area contributed by atoms with Gasteiger partial charge in [-0.1, -0.05) is 42.0 Å². The first-order valence-electron chi connectivity index (χ1n) is 9.55. The van der Waals surface area contributed by atoms with E-state index in [0.717, 1.165) is 37.0 Å². The van der Waals surface area contributed by atoms with Crippen LogP contribution in [0, 0.1) is 6.92 Å². The first kappa shape index (κ1) is 15.8. The van der Waals surface area contributed by atoms with E-state index >= 15 is 0 Å². The molecule has 0 amide bonds. The Morgan fingerprint density at radius 3 is 2.65 bits per heavy atom. The molecule has 2 unspecified atom stereocenters. The first-order chi connectivity index (χ1) is 12.6. The molecule has 132 valence electrons. The van der Waals surface area contributed by atoms with E-state index in [1.54, 1.807) is 0 Å². The lowest BCUT2D eigenvalue weighted by Crippen LogP contribution is -2.31. The van der Waals surface area contributed by atoms with E-state index in [2.05, 4.69) is 53.8 Å². The van der Waals surface area contributed by atoms with Gasteiger partial charge >= 0.3 is 0 Å². The van der Waals surface area contributed by atoms with Crippen molar-refractivity contribution in [2.45, 2.75) is 38.1 Å². The standard InChI is InChI=1S/C23H24N2O/c1-15-8-11-21-19(12-15)20-14-24(2)13-17-9-10-18(16-6-4-3-5-7-16)23(26)25(21)22(17)20/h3-8,11-12,17-18H,9-10,13-14H2,1-2H3. The molecule has 3 aromatic rings. The van der Waals surface area contributed by atoms with E-state index in [4.69, 9.17) is 0 Å². The monoisotopic (exact) mass is 344 g/mol. The van der Waals surface area contributed by atoms with E-state index in [9.17, 15) is 4.79 Å². The van der Waals surface area contributed by atoms with E-state index in [0.29, 0.717) is 5.92 Å². The third-order valence-corrected chi connectivity index (χ3v) is 6.14. The van der Waals surface area contributed by atoms with Crippen molar-refractivity contribution in [3.05, 3.63) is 70.9 Å². The van der Waals surface area contributed by atoms with E-state index in [-0.39, 0.29) is 11.8 Å². The molecule has 3 nitrogen and oxygen atoms in total. The highest BCUT2D eigenvalue weighted by atomic mass is 16.2. The quantitative estimate of drug-likeness (QED) is 0.639. The Morgan fingerprint density at radius 2 is 1.85 bits per heavy atom. The van der Waals surface area contributed by atoms with Crippen LogP contribution >= 0.6 is 0 Å². The second kappa shape index (κ2) is 5.82. The van der Waals surface area contributed by atoms with Gasteiger partial charge in [-0.05, 0) is 50.1 Å². The molecule has 3 heteroatoms. The molecule has 2 aliphatic rings. The molecule has 26 heavy (non-hydrogen) atoms. The summed E-state index contributed by atoms with van der Waals surface area (Å²) in [7, 11) is 2.20. The molecule has 0 aliphatic carbocycles. The van der Waals surface area contributed by atoms with Gasteiger partial charge in [0.25, 0.3) is 0 Å². The van der Waals surface area contributed by atoms with Gasteiger partial charge in [-0.2, -0.15) is 0 Å². The van der Waals surface area contributed by atoms with Crippen LogP contribution in [0.5, 0.6) is 0 Å². The minimum atomic E-state index is -0.0480. The predicted octanol–water partition coefficient (Wildman–Crippen LogP) is 4.70. The lowest BCUT2D eigenvalue weighted by atomic mass is 9.87. The average Bonchev–Trinajstić information content (AvgIpc) is 2.87. The van der Waals surface area contributed by atoms with Crippen molar-refractivity contribution in [2.24, 2.45) is 0 Å². The van der Waals surface area contributed by atoms with Crippen molar-refractivity contribution in [3.8, 4) is 0 Å². The van der Waals surface area contributed by atoms with Crippen molar-refractivity contribution >= 4 is 16.8 Å². The second-order valence-corrected chi connectivity index (χ2v) is 7.99. The number of benzene rings is 2. The maximum absolute atomic E-state index is 13.7. The fraction of sp³-hybridized carbons (Fsp3) is 0.348. The Balaban J connectivity index is 1.77. The summed E-state index contributed by atoms with van der Waals surface area (Å²) in [6.45, 7) is 4.10. The van der Waals surface area contributed by atoms with Crippen molar-refractivity contribution in [1.82, 2.24) is 9.47 Å². The van der Waals surface area contributed by atoms with Gasteiger partial charge in [-0.25, -0.2) is 0 Å². The van der Waals surface area contributed by atoms with Crippen molar-refractivity contribution in [1.29, 1.82) is 0 Å². The number of carbonyl (C=O) groups excluding carboxylic acids is 1. The maximum atomic E-state index is 13.7. The van der Waals surface area contributed by atoms with Gasteiger partial charge in [0.15, 0.2) is 0 Å². The number of hydrogen-bond acceptors (Lipinski definition) is 2. The predicted molar refractivity (Wildman–Crippen MR) is 105 cm³/mol. The smallest absolute Gasteiger partial charge is 0.238 e. The van der Waals surface area contributed by atoms with Crippen molar-refractivity contribution in [2.75, 3.05) is 13.6 Å². The number of likely N-dealkylation sites (N-methyl/N-ethyl adjacent to an activating group) is 1. The summed E-state index contributed by atoms with van der Waals surface area (Å²) in [5.41, 5.74) is 6.14. The molecule has 5 rings (SSSR count). The first-order valence-corrected chi connectivity index (χ1v) is 9.55. The minimum Gasteiger partial charge on any atom is -0.301 e. The summed E-state index contributed by atoms with van der Waals surface area (Å²) in [5.74, 6) is 0.639. The average molecular weight is 344 g/mol. The molecule has 0 radical (unpaired) electrons. The Hall–Kier alpha value is -2.39. The molecule has 0 N–H and O–H groups in total. The van der Waals surface area contributed by atoms with Gasteiger partial charge < -0.3 is 4.90 Å². The fourth-order valence-electron chi connectivity index (χ4n) is 4.99. The number of aryl methyl sites for hydroxylation is 1. The summed E-state index contributed by atoms with van der Waals surface area (Å²) in [4.78, 5) is 16.1. The van der Waals surface area contributed by atoms with Gasteiger partial charge in [0.05, 0.1) is 11.4 Å². The lowest BCUT2D eigenvalue weighted by molar-refractivity contribution is 0.0881. The number of hydrogen-bond donors (Lipinski definition) is 0. The van der Waals surface area contributed by atoms with Gasteiger partial charge in [0.2, 0.25) is 5.91 Å². The SMILES string of the molecule is Cc1ccc2c(c1)c1c3n2C(=O)C(c2ccccc2)CCC3CN(C)C1. The molecule has 1 aromatic heterocycles. The number of fused-ring (bicyclic) bond motifs is 3. The van der Waals surface area contributed by atoms with Crippen LogP contribution in [0.25, 0.3) is 10.9 Å². The Kier molecular flexibility index (Phi) is 3.54. The molecule has 3 heterocycles. The van der Waals surface area contributed by atoms with Crippen LogP contribution < -0.4 is 0 Å². The van der Waals surface area contributed by atoms with Crippen LogP contribution in [0.1, 0.15) is 51.9 Å². The molecule has 2 aromatic carbocycles. The molecular formula is C23H24N2O. The lowest BCUT2D eigenvalue weighted by Gasteiger charge is -2.30. The van der Waals surface area contributed by atoms with Gasteiger partial charge in [0, 0.05) is 30.1 Å².